The highest BCUT2D eigenvalue weighted by atomic mass is 16.5. The van der Waals surface area contributed by atoms with Crippen LogP contribution in [-0.4, -0.2) is 50.3 Å². The van der Waals surface area contributed by atoms with Gasteiger partial charge in [-0.15, -0.1) is 0 Å². The number of likely N-dealkylation sites (tertiary alicyclic amines) is 1. The van der Waals surface area contributed by atoms with Crippen LogP contribution in [0.25, 0.3) is 0 Å². The molecule has 3 rings (SSSR count). The third-order valence-electron chi connectivity index (χ3n) is 4.71. The maximum absolute atomic E-state index is 12.6. The van der Waals surface area contributed by atoms with Crippen LogP contribution in [0.1, 0.15) is 37.1 Å². The van der Waals surface area contributed by atoms with Crippen molar-refractivity contribution in [1.82, 2.24) is 24.6 Å². The van der Waals surface area contributed by atoms with E-state index in [9.17, 15) is 4.79 Å². The molecule has 0 spiro atoms. The Morgan fingerprint density at radius 1 is 1.40 bits per heavy atom. The highest BCUT2D eigenvalue weighted by Crippen LogP contribution is 2.39. The zero-order valence-electron chi connectivity index (χ0n) is 15.1. The van der Waals surface area contributed by atoms with Gasteiger partial charge in [-0.25, -0.2) is 14.6 Å². The standard InChI is InChI=1S/C17H24N6O2/c1-11-14(16(25-4)22(3)21-11)13-7-5-10-23(13)12(2)15(24)20-17-18-8-6-9-19-17/h6,8-9,12-13H,5,7,10H2,1-4H3,(H,18,19,20,24)/t12-,13-/m1/s1. The molecule has 0 bridgehead atoms. The maximum atomic E-state index is 12.6. The van der Waals surface area contributed by atoms with Gasteiger partial charge in [0, 0.05) is 25.5 Å². The molecule has 1 saturated heterocycles. The first-order chi connectivity index (χ1) is 12.0. The number of methoxy groups -OCH3 is 1. The number of rotatable bonds is 5. The van der Waals surface area contributed by atoms with Gasteiger partial charge < -0.3 is 4.74 Å². The molecule has 2 aromatic heterocycles. The second-order valence-electron chi connectivity index (χ2n) is 6.27. The molecule has 1 fully saturated rings. The van der Waals surface area contributed by atoms with Crippen molar-refractivity contribution < 1.29 is 9.53 Å². The zero-order valence-corrected chi connectivity index (χ0v) is 15.1. The van der Waals surface area contributed by atoms with Crippen LogP contribution in [0.5, 0.6) is 5.88 Å². The summed E-state index contributed by atoms with van der Waals surface area (Å²) in [5.74, 6) is 0.970. The molecule has 2 atom stereocenters. The van der Waals surface area contributed by atoms with Crippen LogP contribution in [0, 0.1) is 6.92 Å². The topological polar surface area (TPSA) is 85.2 Å². The number of amides is 1. The Labute approximate surface area is 147 Å². The van der Waals surface area contributed by atoms with Crippen LogP contribution in [0.4, 0.5) is 5.95 Å². The highest BCUT2D eigenvalue weighted by Gasteiger charge is 2.37. The Morgan fingerprint density at radius 2 is 2.12 bits per heavy atom. The molecular weight excluding hydrogens is 320 g/mol. The van der Waals surface area contributed by atoms with Crippen LogP contribution in [-0.2, 0) is 11.8 Å². The molecule has 3 heterocycles. The third kappa shape index (κ3) is 3.34. The Morgan fingerprint density at radius 3 is 2.80 bits per heavy atom. The number of aromatic nitrogens is 4. The molecule has 2 aromatic rings. The van der Waals surface area contributed by atoms with E-state index in [2.05, 4.69) is 25.3 Å². The molecule has 8 heteroatoms. The normalized spacial score (nSPS) is 19.0. The summed E-state index contributed by atoms with van der Waals surface area (Å²) in [4.78, 5) is 22.9. The molecule has 0 aliphatic carbocycles. The second kappa shape index (κ2) is 7.18. The van der Waals surface area contributed by atoms with Gasteiger partial charge in [-0.3, -0.25) is 15.0 Å². The van der Waals surface area contributed by atoms with Gasteiger partial charge in [0.05, 0.1) is 24.4 Å². The number of ether oxygens (including phenoxy) is 1. The van der Waals surface area contributed by atoms with E-state index in [1.807, 2.05) is 20.9 Å². The van der Waals surface area contributed by atoms with E-state index in [1.165, 1.54) is 0 Å². The molecule has 134 valence electrons. The first-order valence-corrected chi connectivity index (χ1v) is 8.44. The van der Waals surface area contributed by atoms with Crippen molar-refractivity contribution >= 4 is 11.9 Å². The number of aryl methyl sites for hydroxylation is 2. The monoisotopic (exact) mass is 344 g/mol. The summed E-state index contributed by atoms with van der Waals surface area (Å²) in [6.45, 7) is 4.75. The molecule has 1 amide bonds. The quantitative estimate of drug-likeness (QED) is 0.888. The van der Waals surface area contributed by atoms with Crippen molar-refractivity contribution in [3.63, 3.8) is 0 Å². The molecule has 8 nitrogen and oxygen atoms in total. The van der Waals surface area contributed by atoms with Gasteiger partial charge in [-0.05, 0) is 39.3 Å². The number of nitrogens with zero attached hydrogens (tertiary/aromatic N) is 5. The molecule has 25 heavy (non-hydrogen) atoms. The van der Waals surface area contributed by atoms with Crippen LogP contribution in [0.15, 0.2) is 18.5 Å². The molecule has 0 saturated carbocycles. The van der Waals surface area contributed by atoms with E-state index in [1.54, 1.807) is 30.3 Å². The number of carbonyl (C=O) groups excluding carboxylic acids is 1. The van der Waals surface area contributed by atoms with E-state index >= 15 is 0 Å². The second-order valence-corrected chi connectivity index (χ2v) is 6.27. The van der Waals surface area contributed by atoms with Gasteiger partial charge in [-0.1, -0.05) is 0 Å². The van der Waals surface area contributed by atoms with E-state index in [0.29, 0.717) is 5.95 Å². The minimum absolute atomic E-state index is 0.112. The molecule has 1 aliphatic rings. The summed E-state index contributed by atoms with van der Waals surface area (Å²) in [5, 5.41) is 7.26. The Hall–Kier alpha value is -2.48. The van der Waals surface area contributed by atoms with Crippen molar-refractivity contribution in [2.75, 3.05) is 19.0 Å². The summed E-state index contributed by atoms with van der Waals surface area (Å²) < 4.78 is 7.30. The fourth-order valence-corrected chi connectivity index (χ4v) is 3.57. The Balaban J connectivity index is 1.80. The van der Waals surface area contributed by atoms with E-state index in [4.69, 9.17) is 4.74 Å². The number of anilines is 1. The lowest BCUT2D eigenvalue weighted by molar-refractivity contribution is -0.121. The van der Waals surface area contributed by atoms with Crippen molar-refractivity contribution in [2.24, 2.45) is 7.05 Å². The van der Waals surface area contributed by atoms with Gasteiger partial charge >= 0.3 is 0 Å². The van der Waals surface area contributed by atoms with Crippen LogP contribution >= 0.6 is 0 Å². The van der Waals surface area contributed by atoms with Crippen LogP contribution < -0.4 is 10.1 Å². The average Bonchev–Trinajstić information content (AvgIpc) is 3.18. The zero-order chi connectivity index (χ0) is 18.0. The lowest BCUT2D eigenvalue weighted by Gasteiger charge is -2.29. The van der Waals surface area contributed by atoms with E-state index in [-0.39, 0.29) is 18.0 Å². The van der Waals surface area contributed by atoms with E-state index < -0.39 is 0 Å². The highest BCUT2D eigenvalue weighted by molar-refractivity contribution is 5.93. The predicted molar refractivity (Wildman–Crippen MR) is 93.3 cm³/mol. The first kappa shape index (κ1) is 17.3. The lowest BCUT2D eigenvalue weighted by atomic mass is 10.0. The van der Waals surface area contributed by atoms with Crippen molar-refractivity contribution in [3.05, 3.63) is 29.7 Å². The smallest absolute Gasteiger partial charge is 0.243 e. The molecule has 1 aliphatic heterocycles. The van der Waals surface area contributed by atoms with Gasteiger partial charge in [0.25, 0.3) is 0 Å². The Kier molecular flexibility index (Phi) is 4.98. The predicted octanol–water partition coefficient (Wildman–Crippen LogP) is 1.69. The summed E-state index contributed by atoms with van der Waals surface area (Å²) in [6, 6.07) is 1.52. The average molecular weight is 344 g/mol. The number of nitrogens with one attached hydrogen (secondary N) is 1. The van der Waals surface area contributed by atoms with Gasteiger partial charge in [0.1, 0.15) is 0 Å². The SMILES string of the molecule is COc1c([C@H]2CCCN2[C@H](C)C(=O)Nc2ncccn2)c(C)nn1C. The Bertz CT molecular complexity index is 745. The fourth-order valence-electron chi connectivity index (χ4n) is 3.57. The lowest BCUT2D eigenvalue weighted by Crippen LogP contribution is -2.42. The van der Waals surface area contributed by atoms with Crippen LogP contribution in [0.3, 0.4) is 0 Å². The molecule has 0 aromatic carbocycles. The minimum Gasteiger partial charge on any atom is -0.481 e. The largest absolute Gasteiger partial charge is 0.481 e. The van der Waals surface area contributed by atoms with Crippen molar-refractivity contribution in [1.29, 1.82) is 0 Å². The first-order valence-electron chi connectivity index (χ1n) is 8.44. The molecular formula is C17H24N6O2. The van der Waals surface area contributed by atoms with E-state index in [0.717, 1.165) is 36.5 Å². The number of hydrogen-bond donors (Lipinski definition) is 1. The minimum atomic E-state index is -0.305. The molecule has 0 unspecified atom stereocenters. The van der Waals surface area contributed by atoms with Crippen molar-refractivity contribution in [2.45, 2.75) is 38.8 Å². The van der Waals surface area contributed by atoms with Crippen LogP contribution in [0.2, 0.25) is 0 Å². The molecule has 0 radical (unpaired) electrons. The summed E-state index contributed by atoms with van der Waals surface area (Å²) >= 11 is 0. The van der Waals surface area contributed by atoms with Gasteiger partial charge in [-0.2, -0.15) is 5.10 Å². The number of carbonyl (C=O) groups is 1. The van der Waals surface area contributed by atoms with Crippen molar-refractivity contribution in [3.8, 4) is 5.88 Å². The summed E-state index contributed by atoms with van der Waals surface area (Å²) in [7, 11) is 3.53. The summed E-state index contributed by atoms with van der Waals surface area (Å²) in [6.07, 6.45) is 5.22. The summed E-state index contributed by atoms with van der Waals surface area (Å²) in [5.41, 5.74) is 2.01. The van der Waals surface area contributed by atoms with Gasteiger partial charge in [0.2, 0.25) is 17.7 Å². The number of hydrogen-bond acceptors (Lipinski definition) is 6. The third-order valence-corrected chi connectivity index (χ3v) is 4.71. The van der Waals surface area contributed by atoms with Gasteiger partial charge in [0.15, 0.2) is 0 Å². The maximum Gasteiger partial charge on any atom is 0.243 e. The molecule has 1 N–H and O–H groups in total. The fraction of sp³-hybridized carbons (Fsp3) is 0.529.